The molecule has 100 valence electrons. The molecule has 0 aliphatic heterocycles. The Morgan fingerprint density at radius 3 is 2.45 bits per heavy atom. The van der Waals surface area contributed by atoms with Crippen molar-refractivity contribution in [2.24, 2.45) is 0 Å². The second kappa shape index (κ2) is 6.29. The lowest BCUT2D eigenvalue weighted by atomic mass is 10.2. The highest BCUT2D eigenvalue weighted by molar-refractivity contribution is 6.02. The van der Waals surface area contributed by atoms with Gasteiger partial charge in [0.05, 0.1) is 0 Å². The van der Waals surface area contributed by atoms with E-state index in [1.54, 1.807) is 48.5 Å². The van der Waals surface area contributed by atoms with Gasteiger partial charge in [0.25, 0.3) is 6.02 Å². The number of amidine groups is 1. The third-order valence-electron chi connectivity index (χ3n) is 2.55. The maximum absolute atomic E-state index is 7.77. The molecule has 5 heteroatoms. The lowest BCUT2D eigenvalue weighted by Crippen LogP contribution is -2.19. The number of ether oxygens (including phenoxy) is 1. The molecule has 0 aliphatic rings. The van der Waals surface area contributed by atoms with E-state index in [1.165, 1.54) is 6.21 Å². The summed E-state index contributed by atoms with van der Waals surface area (Å²) < 4.78 is 5.11. The summed E-state index contributed by atoms with van der Waals surface area (Å²) in [4.78, 5) is 0. The molecule has 0 aliphatic carbocycles. The Bertz CT molecular complexity index is 637. The molecule has 0 atom stereocenters. The van der Waals surface area contributed by atoms with Gasteiger partial charge in [-0.05, 0) is 29.8 Å². The van der Waals surface area contributed by atoms with Crippen LogP contribution in [-0.4, -0.2) is 18.1 Å². The van der Waals surface area contributed by atoms with Crippen molar-refractivity contribution in [3.63, 3.8) is 0 Å². The SMILES string of the molecule is N=Cc1cccc(NC(=N)OC(=N)c2ccccc2)c1. The molecule has 0 aromatic heterocycles. The first-order valence-electron chi connectivity index (χ1n) is 5.97. The van der Waals surface area contributed by atoms with Gasteiger partial charge in [-0.15, -0.1) is 0 Å². The minimum absolute atomic E-state index is 0.0914. The molecule has 0 amide bonds. The number of benzene rings is 2. The van der Waals surface area contributed by atoms with Crippen LogP contribution in [0.3, 0.4) is 0 Å². The Balaban J connectivity index is 1.99. The lowest BCUT2D eigenvalue weighted by Gasteiger charge is -2.10. The van der Waals surface area contributed by atoms with Crippen LogP contribution in [-0.2, 0) is 4.74 Å². The minimum Gasteiger partial charge on any atom is -0.407 e. The number of anilines is 1. The van der Waals surface area contributed by atoms with Crippen LogP contribution in [0.4, 0.5) is 5.69 Å². The van der Waals surface area contributed by atoms with E-state index < -0.39 is 0 Å². The van der Waals surface area contributed by atoms with E-state index in [0.717, 1.165) is 5.56 Å². The average Bonchev–Trinajstić information content (AvgIpc) is 2.48. The summed E-state index contributed by atoms with van der Waals surface area (Å²) in [5.41, 5.74) is 1.96. The van der Waals surface area contributed by atoms with E-state index in [1.807, 2.05) is 6.07 Å². The number of hydrogen-bond donors (Lipinski definition) is 4. The minimum atomic E-state index is -0.235. The van der Waals surface area contributed by atoms with E-state index in [0.29, 0.717) is 11.3 Å². The summed E-state index contributed by atoms with van der Waals surface area (Å²) in [7, 11) is 0. The first-order chi connectivity index (χ1) is 9.69. The zero-order valence-corrected chi connectivity index (χ0v) is 10.7. The van der Waals surface area contributed by atoms with Crippen molar-refractivity contribution in [2.75, 3.05) is 5.32 Å². The van der Waals surface area contributed by atoms with Crippen LogP contribution in [0, 0.1) is 16.2 Å². The van der Waals surface area contributed by atoms with E-state index >= 15 is 0 Å². The van der Waals surface area contributed by atoms with Gasteiger partial charge in [0, 0.05) is 17.5 Å². The smallest absolute Gasteiger partial charge is 0.293 e. The standard InChI is InChI=1S/C15H14N4O/c16-10-11-5-4-8-13(9-11)19-15(18)20-14(17)12-6-2-1-3-7-12/h1-10,16-17H,(H2,18,19). The van der Waals surface area contributed by atoms with Crippen molar-refractivity contribution >= 4 is 23.8 Å². The van der Waals surface area contributed by atoms with E-state index in [-0.39, 0.29) is 11.9 Å². The first-order valence-corrected chi connectivity index (χ1v) is 5.97. The van der Waals surface area contributed by atoms with Crippen LogP contribution in [0.2, 0.25) is 0 Å². The molecular weight excluding hydrogens is 252 g/mol. The molecule has 20 heavy (non-hydrogen) atoms. The van der Waals surface area contributed by atoms with Crippen LogP contribution in [0.1, 0.15) is 11.1 Å². The number of rotatable bonds is 3. The van der Waals surface area contributed by atoms with Gasteiger partial charge in [-0.1, -0.05) is 30.3 Å². The molecule has 0 bridgehead atoms. The summed E-state index contributed by atoms with van der Waals surface area (Å²) in [6.07, 6.45) is 1.22. The third-order valence-corrected chi connectivity index (χ3v) is 2.55. The fourth-order valence-corrected chi connectivity index (χ4v) is 1.61. The van der Waals surface area contributed by atoms with Crippen molar-refractivity contribution in [2.45, 2.75) is 0 Å². The van der Waals surface area contributed by atoms with Crippen molar-refractivity contribution < 1.29 is 4.74 Å². The molecule has 2 rings (SSSR count). The maximum atomic E-state index is 7.77. The van der Waals surface area contributed by atoms with Gasteiger partial charge in [0.15, 0.2) is 0 Å². The highest BCUT2D eigenvalue weighted by atomic mass is 16.5. The predicted molar refractivity (Wildman–Crippen MR) is 80.0 cm³/mol. The summed E-state index contributed by atoms with van der Waals surface area (Å²) in [5, 5.41) is 25.4. The summed E-state index contributed by atoms with van der Waals surface area (Å²) in [5.74, 6) is -0.0914. The second-order valence-electron chi connectivity index (χ2n) is 4.02. The lowest BCUT2D eigenvalue weighted by molar-refractivity contribution is 0.534. The molecule has 0 unspecified atom stereocenters. The molecule has 0 heterocycles. The fourth-order valence-electron chi connectivity index (χ4n) is 1.61. The van der Waals surface area contributed by atoms with Gasteiger partial charge in [-0.2, -0.15) is 0 Å². The summed E-state index contributed by atoms with van der Waals surface area (Å²) in [6.45, 7) is 0. The number of nitrogens with one attached hydrogen (secondary N) is 4. The number of hydrogen-bond acceptors (Lipinski definition) is 4. The Morgan fingerprint density at radius 1 is 1.00 bits per heavy atom. The van der Waals surface area contributed by atoms with Gasteiger partial charge >= 0.3 is 0 Å². The monoisotopic (exact) mass is 266 g/mol. The van der Waals surface area contributed by atoms with Gasteiger partial charge in [0.1, 0.15) is 0 Å². The summed E-state index contributed by atoms with van der Waals surface area (Å²) >= 11 is 0. The zero-order chi connectivity index (χ0) is 14.4. The average molecular weight is 266 g/mol. The van der Waals surface area contributed by atoms with Gasteiger partial charge in [0.2, 0.25) is 5.90 Å². The van der Waals surface area contributed by atoms with E-state index in [9.17, 15) is 0 Å². The molecule has 0 radical (unpaired) electrons. The highest BCUT2D eigenvalue weighted by Crippen LogP contribution is 2.09. The largest absolute Gasteiger partial charge is 0.407 e. The van der Waals surface area contributed by atoms with Crippen LogP contribution in [0.25, 0.3) is 0 Å². The maximum Gasteiger partial charge on any atom is 0.293 e. The fraction of sp³-hybridized carbons (Fsp3) is 0. The molecular formula is C15H14N4O. The second-order valence-corrected chi connectivity index (χ2v) is 4.02. The molecule has 2 aromatic carbocycles. The Kier molecular flexibility index (Phi) is 4.24. The van der Waals surface area contributed by atoms with Gasteiger partial charge in [-0.3, -0.25) is 10.8 Å². The Labute approximate surface area is 116 Å². The van der Waals surface area contributed by atoms with Crippen molar-refractivity contribution in [1.29, 1.82) is 16.2 Å². The molecule has 0 saturated heterocycles. The van der Waals surface area contributed by atoms with Crippen molar-refractivity contribution in [3.05, 3.63) is 65.7 Å². The molecule has 0 spiro atoms. The third kappa shape index (κ3) is 3.52. The Morgan fingerprint density at radius 2 is 1.75 bits per heavy atom. The van der Waals surface area contributed by atoms with Crippen LogP contribution in [0.15, 0.2) is 54.6 Å². The summed E-state index contributed by atoms with van der Waals surface area (Å²) in [6, 6.07) is 15.7. The van der Waals surface area contributed by atoms with Crippen LogP contribution < -0.4 is 5.32 Å². The quantitative estimate of drug-likeness (QED) is 0.507. The van der Waals surface area contributed by atoms with Gasteiger partial charge in [-0.25, -0.2) is 0 Å². The molecule has 5 nitrogen and oxygen atoms in total. The zero-order valence-electron chi connectivity index (χ0n) is 10.7. The Hall–Kier alpha value is -2.95. The van der Waals surface area contributed by atoms with Gasteiger partial charge < -0.3 is 15.5 Å². The van der Waals surface area contributed by atoms with Crippen molar-refractivity contribution in [3.8, 4) is 0 Å². The van der Waals surface area contributed by atoms with Crippen LogP contribution in [0.5, 0.6) is 0 Å². The molecule has 2 aromatic rings. The molecule has 4 N–H and O–H groups in total. The molecule has 0 saturated carbocycles. The topological polar surface area (TPSA) is 92.8 Å². The van der Waals surface area contributed by atoms with Crippen molar-refractivity contribution in [1.82, 2.24) is 0 Å². The predicted octanol–water partition coefficient (Wildman–Crippen LogP) is 3.07. The molecule has 0 fully saturated rings. The van der Waals surface area contributed by atoms with E-state index in [4.69, 9.17) is 21.0 Å². The first kappa shape index (κ1) is 13.5. The normalized spacial score (nSPS) is 9.60. The highest BCUT2D eigenvalue weighted by Gasteiger charge is 2.06. The van der Waals surface area contributed by atoms with Crippen LogP contribution >= 0.6 is 0 Å². The van der Waals surface area contributed by atoms with E-state index in [2.05, 4.69) is 5.32 Å².